The number of carbonyl (C=O) groups is 1. The van der Waals surface area contributed by atoms with Crippen LogP contribution in [0.4, 0.5) is 0 Å². The molecule has 0 rings (SSSR count). The number of hydrogen-bond acceptors (Lipinski definition) is 2. The summed E-state index contributed by atoms with van der Waals surface area (Å²) in [5.41, 5.74) is 0. The molecule has 0 spiro atoms. The van der Waals surface area contributed by atoms with Crippen molar-refractivity contribution >= 4 is 5.97 Å². The molecule has 0 aliphatic carbocycles. The van der Waals surface area contributed by atoms with E-state index in [0.717, 1.165) is 6.42 Å². The van der Waals surface area contributed by atoms with Crippen molar-refractivity contribution in [2.75, 3.05) is 6.61 Å². The van der Waals surface area contributed by atoms with Crippen molar-refractivity contribution in [1.82, 2.24) is 0 Å². The first-order chi connectivity index (χ1) is 5.66. The molecule has 0 bridgehead atoms. The molecule has 70 valence electrons. The molecule has 0 fully saturated rings. The van der Waals surface area contributed by atoms with Crippen molar-refractivity contribution in [2.24, 2.45) is 5.92 Å². The number of allylic oxidation sites excluding steroid dienone is 1. The van der Waals surface area contributed by atoms with Crippen LogP contribution in [-0.4, -0.2) is 12.6 Å². The minimum Gasteiger partial charge on any atom is -0.461 e. The first-order valence-electron chi connectivity index (χ1n) is 4.47. The number of ether oxygens (including phenoxy) is 1. The van der Waals surface area contributed by atoms with E-state index in [1.165, 1.54) is 0 Å². The monoisotopic (exact) mass is 170 g/mol. The van der Waals surface area contributed by atoms with E-state index in [4.69, 9.17) is 4.74 Å². The third-order valence-corrected chi connectivity index (χ3v) is 1.32. The van der Waals surface area contributed by atoms with Gasteiger partial charge >= 0.3 is 5.97 Å². The first kappa shape index (κ1) is 11.2. The molecule has 0 aromatic rings. The van der Waals surface area contributed by atoms with Gasteiger partial charge in [0, 0.05) is 6.42 Å². The van der Waals surface area contributed by atoms with Gasteiger partial charge in [-0.2, -0.15) is 0 Å². The van der Waals surface area contributed by atoms with E-state index in [0.29, 0.717) is 18.9 Å². The molecule has 0 aliphatic rings. The van der Waals surface area contributed by atoms with Crippen molar-refractivity contribution in [2.45, 2.75) is 33.6 Å². The largest absolute Gasteiger partial charge is 0.461 e. The quantitative estimate of drug-likeness (QED) is 0.468. The van der Waals surface area contributed by atoms with E-state index in [1.807, 2.05) is 32.9 Å². The maximum atomic E-state index is 11.0. The van der Waals surface area contributed by atoms with Gasteiger partial charge < -0.3 is 4.74 Å². The molecule has 0 saturated carbocycles. The van der Waals surface area contributed by atoms with E-state index in [2.05, 4.69) is 0 Å². The summed E-state index contributed by atoms with van der Waals surface area (Å²) in [6, 6.07) is 0. The molecular weight excluding hydrogens is 152 g/mol. The molecule has 0 N–H and O–H groups in total. The van der Waals surface area contributed by atoms with Crippen molar-refractivity contribution in [3.05, 3.63) is 12.2 Å². The van der Waals surface area contributed by atoms with Gasteiger partial charge in [0.05, 0.1) is 0 Å². The Bertz CT molecular complexity index is 148. The Morgan fingerprint density at radius 3 is 2.58 bits per heavy atom. The number of rotatable bonds is 5. The zero-order valence-electron chi connectivity index (χ0n) is 8.17. The molecule has 0 amide bonds. The normalized spacial score (nSPS) is 11.0. The Morgan fingerprint density at radius 1 is 1.42 bits per heavy atom. The molecule has 0 aliphatic heterocycles. The fourth-order valence-corrected chi connectivity index (χ4v) is 0.768. The first-order valence-corrected chi connectivity index (χ1v) is 4.47. The van der Waals surface area contributed by atoms with Gasteiger partial charge in [-0.15, -0.1) is 0 Å². The van der Waals surface area contributed by atoms with Crippen LogP contribution in [-0.2, 0) is 9.53 Å². The Labute approximate surface area is 74.6 Å². The number of carbonyl (C=O) groups excluding carboxylic acids is 1. The van der Waals surface area contributed by atoms with E-state index >= 15 is 0 Å². The number of esters is 1. The third-order valence-electron chi connectivity index (χ3n) is 1.32. The van der Waals surface area contributed by atoms with Crippen LogP contribution in [0.25, 0.3) is 0 Å². The predicted octanol–water partition coefficient (Wildman–Crippen LogP) is 2.54. The van der Waals surface area contributed by atoms with Crippen LogP contribution in [0.5, 0.6) is 0 Å². The summed E-state index contributed by atoms with van der Waals surface area (Å²) in [7, 11) is 0. The highest BCUT2D eigenvalue weighted by Crippen LogP contribution is 2.00. The Kier molecular flexibility index (Phi) is 6.44. The second-order valence-electron chi connectivity index (χ2n) is 3.16. The summed E-state index contributed by atoms with van der Waals surface area (Å²) in [6.07, 6.45) is 5.36. The van der Waals surface area contributed by atoms with E-state index in [-0.39, 0.29) is 5.97 Å². The average Bonchev–Trinajstić information content (AvgIpc) is 1.97. The summed E-state index contributed by atoms with van der Waals surface area (Å²) in [6.45, 7) is 6.47. The highest BCUT2D eigenvalue weighted by molar-refractivity contribution is 5.69. The van der Waals surface area contributed by atoms with Gasteiger partial charge in [-0.1, -0.05) is 32.9 Å². The molecule has 0 unspecified atom stereocenters. The zero-order valence-corrected chi connectivity index (χ0v) is 8.17. The fraction of sp³-hybridized carbons (Fsp3) is 0.700. The lowest BCUT2D eigenvalue weighted by molar-refractivity contribution is -0.143. The zero-order chi connectivity index (χ0) is 9.40. The van der Waals surface area contributed by atoms with Crippen LogP contribution >= 0.6 is 0 Å². The van der Waals surface area contributed by atoms with Gasteiger partial charge in [-0.25, -0.2) is 0 Å². The molecule has 0 atom stereocenters. The Morgan fingerprint density at radius 2 is 2.08 bits per heavy atom. The topological polar surface area (TPSA) is 26.3 Å². The SMILES string of the molecule is CCC=CCOC(=O)CC(C)C. The molecule has 12 heavy (non-hydrogen) atoms. The predicted molar refractivity (Wildman–Crippen MR) is 49.8 cm³/mol. The fourth-order valence-electron chi connectivity index (χ4n) is 0.768. The molecular formula is C10H18O2. The summed E-state index contributed by atoms with van der Waals surface area (Å²) in [4.78, 5) is 11.0. The van der Waals surface area contributed by atoms with E-state index < -0.39 is 0 Å². The Balaban J connectivity index is 3.38. The minimum absolute atomic E-state index is 0.106. The van der Waals surface area contributed by atoms with Gasteiger partial charge in [-0.3, -0.25) is 4.79 Å². The van der Waals surface area contributed by atoms with Gasteiger partial charge in [0.1, 0.15) is 6.61 Å². The molecule has 0 radical (unpaired) electrons. The standard InChI is InChI=1S/C10H18O2/c1-4-5-6-7-12-10(11)8-9(2)3/h5-6,9H,4,7-8H2,1-3H3. The van der Waals surface area contributed by atoms with Crippen LogP contribution in [0.3, 0.4) is 0 Å². The van der Waals surface area contributed by atoms with Crippen LogP contribution < -0.4 is 0 Å². The lowest BCUT2D eigenvalue weighted by Gasteiger charge is -2.03. The van der Waals surface area contributed by atoms with Gasteiger partial charge in [0.2, 0.25) is 0 Å². The summed E-state index contributed by atoms with van der Waals surface area (Å²) < 4.78 is 4.93. The van der Waals surface area contributed by atoms with Crippen LogP contribution in [0, 0.1) is 5.92 Å². The van der Waals surface area contributed by atoms with Gasteiger partial charge in [0.15, 0.2) is 0 Å². The van der Waals surface area contributed by atoms with E-state index in [1.54, 1.807) is 0 Å². The van der Waals surface area contributed by atoms with Gasteiger partial charge in [0.25, 0.3) is 0 Å². The maximum absolute atomic E-state index is 11.0. The second kappa shape index (κ2) is 6.89. The smallest absolute Gasteiger partial charge is 0.306 e. The van der Waals surface area contributed by atoms with Crippen molar-refractivity contribution in [3.8, 4) is 0 Å². The summed E-state index contributed by atoms with van der Waals surface area (Å²) >= 11 is 0. The van der Waals surface area contributed by atoms with Crippen molar-refractivity contribution in [3.63, 3.8) is 0 Å². The number of hydrogen-bond donors (Lipinski definition) is 0. The molecule has 2 heteroatoms. The lowest BCUT2D eigenvalue weighted by Crippen LogP contribution is -2.07. The van der Waals surface area contributed by atoms with Crippen LogP contribution in [0.15, 0.2) is 12.2 Å². The Hall–Kier alpha value is -0.790. The molecule has 0 aromatic carbocycles. The van der Waals surface area contributed by atoms with Crippen molar-refractivity contribution < 1.29 is 9.53 Å². The summed E-state index contributed by atoms with van der Waals surface area (Å²) in [5, 5.41) is 0. The summed E-state index contributed by atoms with van der Waals surface area (Å²) in [5.74, 6) is 0.276. The molecule has 0 saturated heterocycles. The highest BCUT2D eigenvalue weighted by Gasteiger charge is 2.03. The average molecular weight is 170 g/mol. The van der Waals surface area contributed by atoms with Gasteiger partial charge in [-0.05, 0) is 12.3 Å². The third kappa shape index (κ3) is 7.32. The molecule has 0 heterocycles. The molecule has 2 nitrogen and oxygen atoms in total. The maximum Gasteiger partial charge on any atom is 0.306 e. The lowest BCUT2D eigenvalue weighted by atomic mass is 10.1. The van der Waals surface area contributed by atoms with E-state index in [9.17, 15) is 4.79 Å². The highest BCUT2D eigenvalue weighted by atomic mass is 16.5. The molecule has 0 aromatic heterocycles. The second-order valence-corrected chi connectivity index (χ2v) is 3.16. The minimum atomic E-state index is -0.106. The van der Waals surface area contributed by atoms with Crippen LogP contribution in [0.1, 0.15) is 33.6 Å². The van der Waals surface area contributed by atoms with Crippen LogP contribution in [0.2, 0.25) is 0 Å². The van der Waals surface area contributed by atoms with Crippen molar-refractivity contribution in [1.29, 1.82) is 0 Å².